The first kappa shape index (κ1) is 11.5. The Labute approximate surface area is 113 Å². The van der Waals surface area contributed by atoms with Gasteiger partial charge in [-0.05, 0) is 19.1 Å². The third-order valence-corrected chi connectivity index (χ3v) is 3.77. The summed E-state index contributed by atoms with van der Waals surface area (Å²) >= 11 is 7.81. The molecule has 0 unspecified atom stereocenters. The monoisotopic (exact) mass is 278 g/mol. The summed E-state index contributed by atoms with van der Waals surface area (Å²) < 4.78 is 1.13. The number of imidazole rings is 1. The van der Waals surface area contributed by atoms with Crippen LogP contribution in [0.25, 0.3) is 10.2 Å². The van der Waals surface area contributed by atoms with Crippen molar-refractivity contribution < 1.29 is 0 Å². The van der Waals surface area contributed by atoms with Crippen molar-refractivity contribution in [2.45, 2.75) is 13.5 Å². The number of thiazole rings is 1. The first-order valence-corrected chi connectivity index (χ1v) is 6.76. The molecule has 1 aromatic carbocycles. The number of aryl methyl sites for hydroxylation is 1. The molecule has 6 heteroatoms. The van der Waals surface area contributed by atoms with Gasteiger partial charge in [0.2, 0.25) is 0 Å². The predicted octanol–water partition coefficient (Wildman–Crippen LogP) is 3.59. The lowest BCUT2D eigenvalue weighted by Crippen LogP contribution is -2.01. The average Bonchev–Trinajstić information content (AvgIpc) is 2.96. The van der Waals surface area contributed by atoms with Gasteiger partial charge in [0.1, 0.15) is 11.3 Å². The van der Waals surface area contributed by atoms with Crippen LogP contribution in [0.4, 0.5) is 5.69 Å². The Morgan fingerprint density at radius 1 is 1.39 bits per heavy atom. The van der Waals surface area contributed by atoms with Crippen molar-refractivity contribution in [2.75, 3.05) is 5.32 Å². The highest BCUT2D eigenvalue weighted by molar-refractivity contribution is 7.16. The van der Waals surface area contributed by atoms with E-state index in [2.05, 4.69) is 20.3 Å². The van der Waals surface area contributed by atoms with Gasteiger partial charge in [-0.1, -0.05) is 11.6 Å². The van der Waals surface area contributed by atoms with Gasteiger partial charge in [0, 0.05) is 0 Å². The molecule has 0 bridgehead atoms. The maximum atomic E-state index is 6.21. The van der Waals surface area contributed by atoms with Crippen LogP contribution in [0, 0.1) is 6.92 Å². The van der Waals surface area contributed by atoms with E-state index >= 15 is 0 Å². The standard InChI is InChI=1S/C12H11ClN4S/c1-7-14-4-8(17-7)5-15-11-9(13)2-3-10-12(11)16-6-18-10/h2-4,6,15H,5H2,1H3,(H,14,17). The Kier molecular flexibility index (Phi) is 2.93. The minimum absolute atomic E-state index is 0.650. The van der Waals surface area contributed by atoms with E-state index < -0.39 is 0 Å². The average molecular weight is 279 g/mol. The molecule has 0 fully saturated rings. The van der Waals surface area contributed by atoms with Crippen molar-refractivity contribution in [3.8, 4) is 0 Å². The van der Waals surface area contributed by atoms with Crippen molar-refractivity contribution in [3.63, 3.8) is 0 Å². The van der Waals surface area contributed by atoms with Crippen molar-refractivity contribution in [2.24, 2.45) is 0 Å². The number of benzene rings is 1. The zero-order valence-corrected chi connectivity index (χ0v) is 11.3. The van der Waals surface area contributed by atoms with Crippen LogP contribution in [0.15, 0.2) is 23.8 Å². The van der Waals surface area contributed by atoms with Crippen LogP contribution in [-0.2, 0) is 6.54 Å². The van der Waals surface area contributed by atoms with Gasteiger partial charge < -0.3 is 10.3 Å². The fourth-order valence-corrected chi connectivity index (χ4v) is 2.72. The highest BCUT2D eigenvalue weighted by Gasteiger charge is 2.08. The van der Waals surface area contributed by atoms with E-state index in [9.17, 15) is 0 Å². The second kappa shape index (κ2) is 4.59. The summed E-state index contributed by atoms with van der Waals surface area (Å²) in [4.78, 5) is 11.7. The molecular formula is C12H11ClN4S. The lowest BCUT2D eigenvalue weighted by atomic mass is 10.3. The summed E-state index contributed by atoms with van der Waals surface area (Å²) in [5, 5.41) is 4.00. The van der Waals surface area contributed by atoms with Crippen LogP contribution < -0.4 is 5.32 Å². The second-order valence-electron chi connectivity index (χ2n) is 3.97. The first-order chi connectivity index (χ1) is 8.74. The van der Waals surface area contributed by atoms with E-state index in [1.807, 2.05) is 30.8 Å². The third kappa shape index (κ3) is 2.07. The van der Waals surface area contributed by atoms with Crippen LogP contribution in [0.1, 0.15) is 11.5 Å². The zero-order valence-electron chi connectivity index (χ0n) is 9.70. The largest absolute Gasteiger partial charge is 0.376 e. The normalized spacial score (nSPS) is 11.0. The first-order valence-electron chi connectivity index (χ1n) is 5.50. The number of hydrogen-bond acceptors (Lipinski definition) is 4. The molecule has 0 amide bonds. The molecule has 0 spiro atoms. The molecule has 4 nitrogen and oxygen atoms in total. The number of rotatable bonds is 3. The number of anilines is 1. The molecule has 2 aromatic heterocycles. The second-order valence-corrected chi connectivity index (χ2v) is 5.26. The van der Waals surface area contributed by atoms with E-state index in [4.69, 9.17) is 11.6 Å². The molecule has 92 valence electrons. The van der Waals surface area contributed by atoms with Crippen LogP contribution >= 0.6 is 22.9 Å². The number of aromatic amines is 1. The van der Waals surface area contributed by atoms with Crippen molar-refractivity contribution in [1.82, 2.24) is 15.0 Å². The van der Waals surface area contributed by atoms with Crippen molar-refractivity contribution >= 4 is 38.8 Å². The van der Waals surface area contributed by atoms with Crippen molar-refractivity contribution in [3.05, 3.63) is 40.4 Å². The summed E-state index contributed by atoms with van der Waals surface area (Å²) in [5.74, 6) is 0.907. The molecular weight excluding hydrogens is 268 g/mol. The fourth-order valence-electron chi connectivity index (χ4n) is 1.82. The molecule has 18 heavy (non-hydrogen) atoms. The number of nitrogens with one attached hydrogen (secondary N) is 2. The smallest absolute Gasteiger partial charge is 0.106 e. The van der Waals surface area contributed by atoms with Gasteiger partial charge in [-0.15, -0.1) is 11.3 Å². The molecule has 3 rings (SSSR count). The molecule has 0 aliphatic heterocycles. The number of H-pyrrole nitrogens is 1. The number of fused-ring (bicyclic) bond motifs is 1. The maximum Gasteiger partial charge on any atom is 0.106 e. The Morgan fingerprint density at radius 2 is 2.28 bits per heavy atom. The maximum absolute atomic E-state index is 6.21. The van der Waals surface area contributed by atoms with Crippen LogP contribution in [-0.4, -0.2) is 15.0 Å². The summed E-state index contributed by atoms with van der Waals surface area (Å²) in [5.41, 5.74) is 4.65. The van der Waals surface area contributed by atoms with Crippen LogP contribution in [0.2, 0.25) is 5.02 Å². The van der Waals surface area contributed by atoms with E-state index in [0.29, 0.717) is 11.6 Å². The molecule has 0 atom stereocenters. The molecule has 0 radical (unpaired) electrons. The Balaban J connectivity index is 1.89. The SMILES string of the molecule is Cc1ncc(CNc2c(Cl)ccc3scnc23)[nH]1. The summed E-state index contributed by atoms with van der Waals surface area (Å²) in [7, 11) is 0. The van der Waals surface area contributed by atoms with Gasteiger partial charge in [-0.25, -0.2) is 9.97 Å². The summed E-state index contributed by atoms with van der Waals surface area (Å²) in [6.45, 7) is 2.58. The van der Waals surface area contributed by atoms with Gasteiger partial charge >= 0.3 is 0 Å². The summed E-state index contributed by atoms with van der Waals surface area (Å²) in [6, 6.07) is 3.88. The fraction of sp³-hybridized carbons (Fsp3) is 0.167. The lowest BCUT2D eigenvalue weighted by molar-refractivity contribution is 1.05. The molecule has 0 saturated carbocycles. The quantitative estimate of drug-likeness (QED) is 0.770. The topological polar surface area (TPSA) is 53.6 Å². The highest BCUT2D eigenvalue weighted by Crippen LogP contribution is 2.32. The number of aromatic nitrogens is 3. The number of hydrogen-bond donors (Lipinski definition) is 2. The van der Waals surface area contributed by atoms with Gasteiger partial charge in [0.15, 0.2) is 0 Å². The van der Waals surface area contributed by atoms with E-state index in [1.54, 1.807) is 11.3 Å². The molecule has 3 aromatic rings. The lowest BCUT2D eigenvalue weighted by Gasteiger charge is -2.07. The Hall–Kier alpha value is -1.59. The van der Waals surface area contributed by atoms with Crippen LogP contribution in [0.5, 0.6) is 0 Å². The number of halogens is 1. The Morgan fingerprint density at radius 3 is 3.06 bits per heavy atom. The minimum atomic E-state index is 0.650. The molecule has 0 aliphatic carbocycles. The van der Waals surface area contributed by atoms with Gasteiger partial charge in [0.25, 0.3) is 0 Å². The highest BCUT2D eigenvalue weighted by atomic mass is 35.5. The van der Waals surface area contributed by atoms with E-state index in [0.717, 1.165) is 27.4 Å². The van der Waals surface area contributed by atoms with Crippen LogP contribution in [0.3, 0.4) is 0 Å². The Bertz CT molecular complexity index is 688. The van der Waals surface area contributed by atoms with Gasteiger partial charge in [0.05, 0.1) is 39.4 Å². The molecule has 2 N–H and O–H groups in total. The predicted molar refractivity (Wildman–Crippen MR) is 75.3 cm³/mol. The number of nitrogens with zero attached hydrogens (tertiary/aromatic N) is 2. The summed E-state index contributed by atoms with van der Waals surface area (Å²) in [6.07, 6.45) is 1.82. The molecule has 0 aliphatic rings. The van der Waals surface area contributed by atoms with E-state index in [1.165, 1.54) is 0 Å². The van der Waals surface area contributed by atoms with E-state index in [-0.39, 0.29) is 0 Å². The molecule has 2 heterocycles. The minimum Gasteiger partial charge on any atom is -0.376 e. The van der Waals surface area contributed by atoms with Crippen molar-refractivity contribution in [1.29, 1.82) is 0 Å². The van der Waals surface area contributed by atoms with Gasteiger partial charge in [-0.2, -0.15) is 0 Å². The third-order valence-electron chi connectivity index (χ3n) is 2.66. The molecule has 0 saturated heterocycles. The zero-order chi connectivity index (χ0) is 12.5. The van der Waals surface area contributed by atoms with Gasteiger partial charge in [-0.3, -0.25) is 0 Å².